The Hall–Kier alpha value is -3.32. The molecule has 0 aliphatic rings. The lowest BCUT2D eigenvalue weighted by Gasteiger charge is -2.09. The number of nitrogens with zero attached hydrogens (tertiary/aromatic N) is 2. The molecule has 0 saturated carbocycles. The number of carbonyl (C=O) groups is 1. The molecule has 1 amide bonds. The van der Waals surface area contributed by atoms with E-state index in [9.17, 15) is 9.59 Å². The molecular weight excluding hydrogens is 396 g/mol. The smallest absolute Gasteiger partial charge is 0.285 e. The molecule has 0 spiro atoms. The minimum atomic E-state index is -0.464. The van der Waals surface area contributed by atoms with Crippen LogP contribution < -0.4 is 10.9 Å². The highest BCUT2D eigenvalue weighted by molar-refractivity contribution is 7.98. The quantitative estimate of drug-likeness (QED) is 0.467. The van der Waals surface area contributed by atoms with E-state index in [2.05, 4.69) is 15.4 Å². The molecule has 2 N–H and O–H groups in total. The molecule has 30 heavy (non-hydrogen) atoms. The summed E-state index contributed by atoms with van der Waals surface area (Å²) in [6.45, 7) is 3.74. The third kappa shape index (κ3) is 3.52. The number of amides is 1. The van der Waals surface area contributed by atoms with Crippen molar-refractivity contribution in [1.29, 1.82) is 0 Å². The second kappa shape index (κ2) is 8.20. The number of aromatic nitrogens is 3. The van der Waals surface area contributed by atoms with E-state index in [0.29, 0.717) is 17.0 Å². The lowest BCUT2D eigenvalue weighted by molar-refractivity contribution is 0.102. The van der Waals surface area contributed by atoms with Crippen molar-refractivity contribution in [3.63, 3.8) is 0 Å². The van der Waals surface area contributed by atoms with Crippen LogP contribution in [0.3, 0.4) is 0 Å². The van der Waals surface area contributed by atoms with E-state index in [1.807, 2.05) is 67.8 Å². The number of H-pyrrole nitrogens is 1. The molecule has 0 unspecified atom stereocenters. The van der Waals surface area contributed by atoms with Gasteiger partial charge in [-0.15, -0.1) is 11.8 Å². The number of hydrogen-bond acceptors (Lipinski definition) is 4. The second-order valence-corrected chi connectivity index (χ2v) is 7.75. The zero-order valence-corrected chi connectivity index (χ0v) is 17.8. The van der Waals surface area contributed by atoms with E-state index < -0.39 is 11.5 Å². The third-order valence-corrected chi connectivity index (χ3v) is 5.72. The maximum Gasteiger partial charge on any atom is 0.285 e. The third-order valence-electron chi connectivity index (χ3n) is 5.01. The SMILES string of the molecule is CCc1cccc(NC(=O)c2c(C)nc3c(-c4ccccc4)c(SC)[nH]n3c2=O)c1. The number of anilines is 1. The van der Waals surface area contributed by atoms with Crippen LogP contribution >= 0.6 is 11.8 Å². The maximum atomic E-state index is 13.2. The molecule has 7 heteroatoms. The molecule has 4 rings (SSSR count). The zero-order chi connectivity index (χ0) is 21.3. The molecule has 0 bridgehead atoms. The molecule has 2 aromatic carbocycles. The normalized spacial score (nSPS) is 11.0. The monoisotopic (exact) mass is 418 g/mol. The van der Waals surface area contributed by atoms with Crippen molar-refractivity contribution < 1.29 is 4.79 Å². The van der Waals surface area contributed by atoms with E-state index in [0.717, 1.165) is 28.1 Å². The van der Waals surface area contributed by atoms with Gasteiger partial charge in [-0.25, -0.2) is 4.98 Å². The summed E-state index contributed by atoms with van der Waals surface area (Å²) in [5.74, 6) is -0.464. The van der Waals surface area contributed by atoms with Crippen LogP contribution in [-0.4, -0.2) is 26.8 Å². The molecule has 0 radical (unpaired) electrons. The van der Waals surface area contributed by atoms with Crippen LogP contribution in [0, 0.1) is 6.92 Å². The number of nitrogens with one attached hydrogen (secondary N) is 2. The first-order valence-corrected chi connectivity index (χ1v) is 10.9. The minimum Gasteiger partial charge on any atom is -0.322 e. The van der Waals surface area contributed by atoms with Gasteiger partial charge in [0.2, 0.25) is 0 Å². The van der Waals surface area contributed by atoms with Gasteiger partial charge in [0.15, 0.2) is 5.65 Å². The van der Waals surface area contributed by atoms with Gasteiger partial charge in [0.25, 0.3) is 11.5 Å². The van der Waals surface area contributed by atoms with Gasteiger partial charge in [-0.3, -0.25) is 14.7 Å². The van der Waals surface area contributed by atoms with Gasteiger partial charge >= 0.3 is 0 Å². The fourth-order valence-corrected chi connectivity index (χ4v) is 4.09. The van der Waals surface area contributed by atoms with E-state index in [-0.39, 0.29) is 5.56 Å². The standard InChI is InChI=1S/C23H22N4O2S/c1-4-15-9-8-12-17(13-15)25-21(28)18-14(2)24-20-19(16-10-6-5-7-11-16)22(30-3)26-27(20)23(18)29/h5-13,26H,4H2,1-3H3,(H,25,28). The Morgan fingerprint density at radius 1 is 1.17 bits per heavy atom. The van der Waals surface area contributed by atoms with Crippen molar-refractivity contribution in [1.82, 2.24) is 14.6 Å². The topological polar surface area (TPSA) is 79.3 Å². The number of thioether (sulfide) groups is 1. The average Bonchev–Trinajstić information content (AvgIpc) is 3.13. The van der Waals surface area contributed by atoms with Crippen molar-refractivity contribution in [3.8, 4) is 11.1 Å². The molecule has 2 aromatic heterocycles. The van der Waals surface area contributed by atoms with Crippen LogP contribution in [0.4, 0.5) is 5.69 Å². The fraction of sp³-hybridized carbons (Fsp3) is 0.174. The number of hydrogen-bond donors (Lipinski definition) is 2. The van der Waals surface area contributed by atoms with E-state index in [4.69, 9.17) is 0 Å². The molecule has 0 fully saturated rings. The molecule has 0 aliphatic heterocycles. The summed E-state index contributed by atoms with van der Waals surface area (Å²) in [5.41, 5.74) is 4.10. The summed E-state index contributed by atoms with van der Waals surface area (Å²) in [4.78, 5) is 30.8. The van der Waals surface area contributed by atoms with Crippen LogP contribution in [0.25, 0.3) is 16.8 Å². The van der Waals surface area contributed by atoms with Gasteiger partial charge in [-0.1, -0.05) is 49.4 Å². The Labute approximate surface area is 178 Å². The van der Waals surface area contributed by atoms with Gasteiger partial charge < -0.3 is 5.32 Å². The second-order valence-electron chi connectivity index (χ2n) is 6.93. The van der Waals surface area contributed by atoms with E-state index in [1.54, 1.807) is 6.92 Å². The summed E-state index contributed by atoms with van der Waals surface area (Å²) < 4.78 is 1.36. The summed E-state index contributed by atoms with van der Waals surface area (Å²) in [5, 5.41) is 6.76. The molecule has 0 saturated heterocycles. The number of rotatable bonds is 5. The summed E-state index contributed by atoms with van der Waals surface area (Å²) in [6.07, 6.45) is 2.80. The van der Waals surface area contributed by atoms with E-state index >= 15 is 0 Å². The van der Waals surface area contributed by atoms with Crippen LogP contribution in [0.1, 0.15) is 28.5 Å². The lowest BCUT2D eigenvalue weighted by Crippen LogP contribution is -2.29. The van der Waals surface area contributed by atoms with Gasteiger partial charge in [0.1, 0.15) is 5.56 Å². The summed E-state index contributed by atoms with van der Waals surface area (Å²) >= 11 is 1.50. The average molecular weight is 419 g/mol. The molecule has 6 nitrogen and oxygen atoms in total. The fourth-order valence-electron chi connectivity index (χ4n) is 3.49. The van der Waals surface area contributed by atoms with E-state index in [1.165, 1.54) is 16.3 Å². The van der Waals surface area contributed by atoms with Crippen molar-refractivity contribution in [2.45, 2.75) is 25.3 Å². The van der Waals surface area contributed by atoms with Crippen LogP contribution in [0.15, 0.2) is 64.4 Å². The summed E-state index contributed by atoms with van der Waals surface area (Å²) in [7, 11) is 0. The van der Waals surface area contributed by atoms with Crippen molar-refractivity contribution in [3.05, 3.63) is 81.8 Å². The van der Waals surface area contributed by atoms with Crippen molar-refractivity contribution >= 4 is 29.0 Å². The Bertz CT molecular complexity index is 1290. The Morgan fingerprint density at radius 3 is 2.63 bits per heavy atom. The zero-order valence-electron chi connectivity index (χ0n) is 17.0. The Morgan fingerprint density at radius 2 is 1.93 bits per heavy atom. The van der Waals surface area contributed by atoms with Gasteiger partial charge in [-0.05, 0) is 42.9 Å². The van der Waals surface area contributed by atoms with Gasteiger partial charge in [0, 0.05) is 5.69 Å². The first kappa shape index (κ1) is 20.0. The Balaban J connectivity index is 1.83. The highest BCUT2D eigenvalue weighted by atomic mass is 32.2. The highest BCUT2D eigenvalue weighted by Crippen LogP contribution is 2.32. The lowest BCUT2D eigenvalue weighted by atomic mass is 10.1. The number of fused-ring (bicyclic) bond motifs is 1. The number of aryl methyl sites for hydroxylation is 2. The van der Waals surface area contributed by atoms with Crippen LogP contribution in [-0.2, 0) is 6.42 Å². The maximum absolute atomic E-state index is 13.2. The molecular formula is C23H22N4O2S. The highest BCUT2D eigenvalue weighted by Gasteiger charge is 2.22. The largest absolute Gasteiger partial charge is 0.322 e. The molecule has 4 aromatic rings. The number of aromatic amines is 1. The predicted molar refractivity (Wildman–Crippen MR) is 122 cm³/mol. The van der Waals surface area contributed by atoms with Crippen LogP contribution in [0.2, 0.25) is 0 Å². The van der Waals surface area contributed by atoms with Gasteiger partial charge in [-0.2, -0.15) is 4.52 Å². The number of benzene rings is 2. The molecule has 2 heterocycles. The molecule has 0 atom stereocenters. The molecule has 152 valence electrons. The number of carbonyl (C=O) groups excluding carboxylic acids is 1. The minimum absolute atomic E-state index is 0.0305. The molecule has 0 aliphatic carbocycles. The van der Waals surface area contributed by atoms with Gasteiger partial charge in [0.05, 0.1) is 16.3 Å². The first-order valence-electron chi connectivity index (χ1n) is 9.68. The predicted octanol–water partition coefficient (Wildman–Crippen LogP) is 4.53. The summed E-state index contributed by atoms with van der Waals surface area (Å²) in [6, 6.07) is 17.4. The van der Waals surface area contributed by atoms with Crippen molar-refractivity contribution in [2.75, 3.05) is 11.6 Å². The van der Waals surface area contributed by atoms with Crippen molar-refractivity contribution in [2.24, 2.45) is 0 Å². The van der Waals surface area contributed by atoms with Crippen LogP contribution in [0.5, 0.6) is 0 Å². The Kier molecular flexibility index (Phi) is 5.46. The first-order chi connectivity index (χ1) is 14.5.